The Morgan fingerprint density at radius 1 is 0.833 bits per heavy atom. The van der Waals surface area contributed by atoms with Crippen LogP contribution in [0.2, 0.25) is 0 Å². The SMILES string of the molecule is [C-]1=CC=CC1.[C-]1=CC=CC1.[CH3-].[V]. The second-order valence-electron chi connectivity index (χ2n) is 2.01. The van der Waals surface area contributed by atoms with Crippen LogP contribution in [0.4, 0.5) is 0 Å². The molecule has 0 unspecified atom stereocenters. The van der Waals surface area contributed by atoms with Crippen molar-refractivity contribution in [1.82, 2.24) is 0 Å². The summed E-state index contributed by atoms with van der Waals surface area (Å²) in [7, 11) is 0. The molecule has 2 aliphatic carbocycles. The predicted octanol–water partition coefficient (Wildman–Crippen LogP) is 3.06. The molecule has 0 saturated heterocycles. The van der Waals surface area contributed by atoms with Crippen molar-refractivity contribution >= 4 is 0 Å². The van der Waals surface area contributed by atoms with E-state index in [2.05, 4.69) is 24.3 Å². The van der Waals surface area contributed by atoms with Gasteiger partial charge in [-0.3, -0.25) is 12.2 Å². The molecule has 1 heteroatoms. The van der Waals surface area contributed by atoms with Crippen molar-refractivity contribution in [2.24, 2.45) is 0 Å². The van der Waals surface area contributed by atoms with Crippen LogP contribution in [0.15, 0.2) is 36.5 Å². The first-order chi connectivity index (χ1) is 5.00. The van der Waals surface area contributed by atoms with Crippen LogP contribution in [0.5, 0.6) is 0 Å². The molecule has 2 rings (SSSR count). The Morgan fingerprint density at radius 3 is 1.33 bits per heavy atom. The second-order valence-corrected chi connectivity index (χ2v) is 2.01. The molecule has 0 aromatic heterocycles. The summed E-state index contributed by atoms with van der Waals surface area (Å²) in [6.07, 6.45) is 20.0. The summed E-state index contributed by atoms with van der Waals surface area (Å²) in [5.41, 5.74) is 0. The number of rotatable bonds is 0. The van der Waals surface area contributed by atoms with Gasteiger partial charge in [0.25, 0.3) is 0 Å². The Balaban J connectivity index is 0. The van der Waals surface area contributed by atoms with Gasteiger partial charge in [0.05, 0.1) is 0 Å². The fraction of sp³-hybridized carbons (Fsp3) is 0.182. The van der Waals surface area contributed by atoms with E-state index >= 15 is 0 Å². The molecule has 1 radical (unpaired) electrons. The average Bonchev–Trinajstić information content (AvgIpc) is 2.67. The number of hydrogen-bond acceptors (Lipinski definition) is 0. The van der Waals surface area contributed by atoms with Crippen molar-refractivity contribution in [2.45, 2.75) is 12.8 Å². The zero-order valence-electron chi connectivity index (χ0n) is 7.33. The monoisotopic (exact) mass is 196 g/mol. The summed E-state index contributed by atoms with van der Waals surface area (Å²) in [6.45, 7) is 0. The molecule has 12 heavy (non-hydrogen) atoms. The van der Waals surface area contributed by atoms with E-state index in [-0.39, 0.29) is 26.0 Å². The maximum atomic E-state index is 2.99. The van der Waals surface area contributed by atoms with Crippen LogP contribution in [0.25, 0.3) is 0 Å². The molecule has 0 nitrogen and oxygen atoms in total. The number of allylic oxidation sites excluding steroid dienone is 8. The third-order valence-electron chi connectivity index (χ3n) is 1.17. The minimum atomic E-state index is 0. The Labute approximate surface area is 87.6 Å². The molecular formula is C11H13V-3. The molecule has 0 aliphatic heterocycles. The molecule has 0 fully saturated rings. The van der Waals surface area contributed by atoms with Gasteiger partial charge in [0.1, 0.15) is 0 Å². The first-order valence-corrected chi connectivity index (χ1v) is 3.43. The fourth-order valence-corrected chi connectivity index (χ4v) is 0.680. The van der Waals surface area contributed by atoms with Gasteiger partial charge in [-0.15, -0.1) is 12.8 Å². The van der Waals surface area contributed by atoms with Crippen LogP contribution in [0.1, 0.15) is 12.8 Å². The molecule has 0 saturated carbocycles. The quantitative estimate of drug-likeness (QED) is 0.522. The predicted molar refractivity (Wildman–Crippen MR) is 49.6 cm³/mol. The van der Waals surface area contributed by atoms with Gasteiger partial charge in [0.2, 0.25) is 0 Å². The van der Waals surface area contributed by atoms with E-state index in [9.17, 15) is 0 Å². The van der Waals surface area contributed by atoms with Crippen molar-refractivity contribution in [1.29, 1.82) is 0 Å². The fourth-order valence-electron chi connectivity index (χ4n) is 0.680. The van der Waals surface area contributed by atoms with Crippen molar-refractivity contribution < 1.29 is 18.6 Å². The maximum absolute atomic E-state index is 2.99. The summed E-state index contributed by atoms with van der Waals surface area (Å²) < 4.78 is 0. The minimum Gasteiger partial charge on any atom is -0.358 e. The van der Waals surface area contributed by atoms with Gasteiger partial charge in [-0.05, 0) is 0 Å². The molecule has 0 spiro atoms. The van der Waals surface area contributed by atoms with E-state index in [1.165, 1.54) is 0 Å². The third kappa shape index (κ3) is 7.65. The van der Waals surface area contributed by atoms with E-state index in [0.29, 0.717) is 0 Å². The Bertz CT molecular complexity index is 143. The zero-order valence-corrected chi connectivity index (χ0v) is 8.72. The first kappa shape index (κ1) is 14.1. The van der Waals surface area contributed by atoms with Crippen LogP contribution in [0.3, 0.4) is 0 Å². The van der Waals surface area contributed by atoms with Crippen LogP contribution in [0, 0.1) is 19.6 Å². The molecule has 65 valence electrons. The van der Waals surface area contributed by atoms with Crippen LogP contribution in [-0.4, -0.2) is 0 Å². The summed E-state index contributed by atoms with van der Waals surface area (Å²) >= 11 is 0. The summed E-state index contributed by atoms with van der Waals surface area (Å²) in [5, 5.41) is 0. The molecule has 0 aromatic carbocycles. The van der Waals surface area contributed by atoms with Crippen LogP contribution < -0.4 is 0 Å². The van der Waals surface area contributed by atoms with Crippen molar-refractivity contribution in [3.05, 3.63) is 56.0 Å². The second kappa shape index (κ2) is 10.5. The van der Waals surface area contributed by atoms with Gasteiger partial charge >= 0.3 is 0 Å². The first-order valence-electron chi connectivity index (χ1n) is 3.43. The van der Waals surface area contributed by atoms with Crippen molar-refractivity contribution in [3.63, 3.8) is 0 Å². The largest absolute Gasteiger partial charge is 0.358 e. The van der Waals surface area contributed by atoms with E-state index in [1.807, 2.05) is 24.3 Å². The van der Waals surface area contributed by atoms with Gasteiger partial charge in [0, 0.05) is 18.6 Å². The van der Waals surface area contributed by atoms with E-state index < -0.39 is 0 Å². The maximum Gasteiger partial charge on any atom is 0 e. The van der Waals surface area contributed by atoms with Crippen LogP contribution >= 0.6 is 0 Å². The summed E-state index contributed by atoms with van der Waals surface area (Å²) in [4.78, 5) is 0. The molecule has 0 heterocycles. The normalized spacial score (nSPS) is 14.7. The molecular weight excluding hydrogens is 183 g/mol. The Kier molecular flexibility index (Phi) is 12.4. The summed E-state index contributed by atoms with van der Waals surface area (Å²) in [5.74, 6) is 0. The van der Waals surface area contributed by atoms with E-state index in [1.54, 1.807) is 0 Å². The third-order valence-corrected chi connectivity index (χ3v) is 1.17. The summed E-state index contributed by atoms with van der Waals surface area (Å²) in [6, 6.07) is 0. The van der Waals surface area contributed by atoms with Gasteiger partial charge in [-0.2, -0.15) is 12.2 Å². The van der Waals surface area contributed by atoms with E-state index in [4.69, 9.17) is 0 Å². The standard InChI is InChI=1S/2C5H5.CH3.V/c2*1-2-4-5-3-1;;/h2*1-3H,4H2;1H3;/q3*-1;. The molecule has 0 N–H and O–H groups in total. The molecule has 0 bridgehead atoms. The Morgan fingerprint density at radius 2 is 1.25 bits per heavy atom. The average molecular weight is 196 g/mol. The minimum absolute atomic E-state index is 0. The topological polar surface area (TPSA) is 0 Å². The van der Waals surface area contributed by atoms with E-state index in [0.717, 1.165) is 12.8 Å². The van der Waals surface area contributed by atoms with Gasteiger partial charge in [0.15, 0.2) is 0 Å². The van der Waals surface area contributed by atoms with Crippen molar-refractivity contribution in [3.8, 4) is 0 Å². The van der Waals surface area contributed by atoms with Gasteiger partial charge in [-0.1, -0.05) is 0 Å². The molecule has 0 amide bonds. The molecule has 0 aromatic rings. The van der Waals surface area contributed by atoms with Gasteiger partial charge in [-0.25, -0.2) is 24.3 Å². The smallest absolute Gasteiger partial charge is 0 e. The zero-order chi connectivity index (χ0) is 7.07. The van der Waals surface area contributed by atoms with Crippen molar-refractivity contribution in [2.75, 3.05) is 0 Å². The molecule has 0 atom stereocenters. The van der Waals surface area contributed by atoms with Crippen LogP contribution in [-0.2, 0) is 18.6 Å². The Hall–Kier alpha value is -0.456. The number of hydrogen-bond donors (Lipinski definition) is 0. The van der Waals surface area contributed by atoms with Gasteiger partial charge < -0.3 is 7.43 Å². The molecule has 2 aliphatic rings.